The lowest BCUT2D eigenvalue weighted by Gasteiger charge is -2.20. The second-order valence-corrected chi connectivity index (χ2v) is 9.52. The predicted octanol–water partition coefficient (Wildman–Crippen LogP) is 3.83. The van der Waals surface area contributed by atoms with Gasteiger partial charge in [-0.1, -0.05) is 35.3 Å². The van der Waals surface area contributed by atoms with E-state index in [1.807, 2.05) is 0 Å². The number of carbonyl (C=O) groups is 2. The van der Waals surface area contributed by atoms with Gasteiger partial charge in [0.05, 0.1) is 17.3 Å². The van der Waals surface area contributed by atoms with Crippen LogP contribution in [-0.4, -0.2) is 53.6 Å². The predicted molar refractivity (Wildman–Crippen MR) is 142 cm³/mol. The Morgan fingerprint density at radius 3 is 2.24 bits per heavy atom. The Bertz CT molecular complexity index is 1670. The summed E-state index contributed by atoms with van der Waals surface area (Å²) < 4.78 is 53.1. The largest absolute Gasteiger partial charge is 0.438 e. The molecule has 0 unspecified atom stereocenters. The normalized spacial score (nSPS) is 13.0. The van der Waals surface area contributed by atoms with Crippen LogP contribution in [0.15, 0.2) is 53.3 Å². The molecule has 2 amide bonds. The van der Waals surface area contributed by atoms with Gasteiger partial charge in [0.1, 0.15) is 6.54 Å². The van der Waals surface area contributed by atoms with Gasteiger partial charge in [0.15, 0.2) is 23.6 Å². The number of primary amides is 2. The zero-order chi connectivity index (χ0) is 30.8. The fourth-order valence-electron chi connectivity index (χ4n) is 3.90. The third kappa shape index (κ3) is 6.83. The summed E-state index contributed by atoms with van der Waals surface area (Å²) >= 11 is 12.3. The molecule has 18 heteroatoms. The van der Waals surface area contributed by atoms with Crippen molar-refractivity contribution in [2.45, 2.75) is 38.4 Å². The van der Waals surface area contributed by atoms with Crippen molar-refractivity contribution >= 4 is 35.4 Å². The molecule has 0 aliphatic rings. The monoisotopic (exact) mass is 628 g/mol. The molecule has 13 nitrogen and oxygen atoms in total. The van der Waals surface area contributed by atoms with E-state index in [-0.39, 0.29) is 28.1 Å². The molecule has 222 valence electrons. The van der Waals surface area contributed by atoms with Crippen LogP contribution in [-0.2, 0) is 22.6 Å². The van der Waals surface area contributed by atoms with Crippen molar-refractivity contribution in [3.63, 3.8) is 0 Å². The highest BCUT2D eigenvalue weighted by molar-refractivity contribution is 6.32. The van der Waals surface area contributed by atoms with Crippen molar-refractivity contribution in [3.05, 3.63) is 80.7 Å². The lowest BCUT2D eigenvalue weighted by atomic mass is 10.2. The van der Waals surface area contributed by atoms with E-state index < -0.39 is 49.3 Å². The van der Waals surface area contributed by atoms with Crippen LogP contribution in [0.2, 0.25) is 10.0 Å². The molecular formula is C24H21Cl2F3N8O5. The van der Waals surface area contributed by atoms with E-state index in [1.54, 1.807) is 24.3 Å². The minimum Gasteiger partial charge on any atom is -0.438 e. The lowest BCUT2D eigenvalue weighted by Crippen LogP contribution is -2.41. The molecule has 0 saturated carbocycles. The molecule has 0 saturated heterocycles. The molecule has 0 spiro atoms. The van der Waals surface area contributed by atoms with Crippen molar-refractivity contribution in [2.24, 2.45) is 11.5 Å². The molecule has 0 radical (unpaired) electrons. The number of halogens is 5. The van der Waals surface area contributed by atoms with Crippen LogP contribution in [0.25, 0.3) is 17.1 Å². The van der Waals surface area contributed by atoms with Gasteiger partial charge in [0, 0.05) is 10.6 Å². The summed E-state index contributed by atoms with van der Waals surface area (Å²) in [5.41, 5.74) is 9.55. The van der Waals surface area contributed by atoms with E-state index in [0.717, 1.165) is 4.68 Å². The number of hydrogen-bond acceptors (Lipinski definition) is 8. The molecule has 4 aromatic rings. The topological polar surface area (TPSA) is 175 Å². The van der Waals surface area contributed by atoms with Crippen LogP contribution >= 0.6 is 23.2 Å². The number of aromatic nitrogens is 6. The van der Waals surface area contributed by atoms with E-state index in [4.69, 9.17) is 39.4 Å². The van der Waals surface area contributed by atoms with Gasteiger partial charge in [-0.05, 0) is 43.3 Å². The van der Waals surface area contributed by atoms with Crippen LogP contribution in [0.5, 0.6) is 0 Å². The highest BCUT2D eigenvalue weighted by atomic mass is 35.5. The van der Waals surface area contributed by atoms with Gasteiger partial charge in [0.2, 0.25) is 6.10 Å². The number of nitrogens with zero attached hydrogens (tertiary/aromatic N) is 6. The van der Waals surface area contributed by atoms with Crippen LogP contribution < -0.4 is 17.2 Å². The number of ether oxygens (including phenoxy) is 2. The second-order valence-electron chi connectivity index (χ2n) is 8.68. The maximum absolute atomic E-state index is 13.7. The van der Waals surface area contributed by atoms with Crippen molar-refractivity contribution in [1.29, 1.82) is 0 Å². The maximum atomic E-state index is 13.7. The number of nitrogens with two attached hydrogens (primary N) is 2. The minimum atomic E-state index is -5.06. The average Bonchev–Trinajstić information content (AvgIpc) is 3.45. The fraction of sp³-hybridized carbons (Fsp3) is 0.250. The number of alkyl halides is 3. The average molecular weight is 629 g/mol. The molecule has 42 heavy (non-hydrogen) atoms. The molecule has 0 aliphatic heterocycles. The van der Waals surface area contributed by atoms with Gasteiger partial charge >= 0.3 is 24.1 Å². The van der Waals surface area contributed by atoms with Crippen LogP contribution in [0.1, 0.15) is 24.7 Å². The van der Waals surface area contributed by atoms with Crippen LogP contribution in [0.3, 0.4) is 0 Å². The van der Waals surface area contributed by atoms with E-state index in [1.165, 1.54) is 35.9 Å². The summed E-state index contributed by atoms with van der Waals surface area (Å²) in [4.78, 5) is 40.3. The molecule has 2 atom stereocenters. The lowest BCUT2D eigenvalue weighted by molar-refractivity contribution is -0.206. The zero-order valence-electron chi connectivity index (χ0n) is 21.5. The van der Waals surface area contributed by atoms with Gasteiger partial charge in [-0.2, -0.15) is 13.2 Å². The van der Waals surface area contributed by atoms with Crippen molar-refractivity contribution in [3.8, 4) is 17.1 Å². The molecule has 0 fully saturated rings. The Balaban J connectivity index is 1.81. The molecule has 4 N–H and O–H groups in total. The van der Waals surface area contributed by atoms with Crippen LogP contribution in [0, 0.1) is 0 Å². The first-order valence-corrected chi connectivity index (χ1v) is 12.6. The molecule has 0 aliphatic carbocycles. The molecule has 2 aromatic carbocycles. The summed E-state index contributed by atoms with van der Waals surface area (Å²) in [6.07, 6.45) is -11.6. The summed E-state index contributed by atoms with van der Waals surface area (Å²) in [6, 6.07) is 12.3. The SMILES string of the molecule is C[C@@H](OC(N)=O)c1nc(Cn2nc(-c3ccc(Cl)cc3)n(C[C@H](OC(N)=O)C(F)(F)F)c2=O)nn1-c1ccccc1Cl. The third-order valence-electron chi connectivity index (χ3n) is 5.70. The summed E-state index contributed by atoms with van der Waals surface area (Å²) in [5, 5.41) is 9.16. The van der Waals surface area contributed by atoms with Crippen molar-refractivity contribution < 1.29 is 32.2 Å². The first-order chi connectivity index (χ1) is 19.7. The molecule has 4 rings (SSSR count). The van der Waals surface area contributed by atoms with Gasteiger partial charge in [0.25, 0.3) is 0 Å². The van der Waals surface area contributed by atoms with Gasteiger partial charge in [-0.15, -0.1) is 10.2 Å². The first kappa shape index (κ1) is 30.4. The Labute approximate surface area is 244 Å². The quantitative estimate of drug-likeness (QED) is 0.281. The Morgan fingerprint density at radius 1 is 1.00 bits per heavy atom. The molecule has 2 heterocycles. The van der Waals surface area contributed by atoms with Crippen LogP contribution in [0.4, 0.5) is 22.8 Å². The maximum Gasteiger partial charge on any atom is 0.427 e. The van der Waals surface area contributed by atoms with E-state index >= 15 is 0 Å². The molecule has 2 aromatic heterocycles. The highest BCUT2D eigenvalue weighted by Gasteiger charge is 2.44. The number of amides is 2. The van der Waals surface area contributed by atoms with E-state index in [2.05, 4.69) is 19.9 Å². The number of benzene rings is 2. The zero-order valence-corrected chi connectivity index (χ0v) is 23.0. The Morgan fingerprint density at radius 2 is 1.64 bits per heavy atom. The highest BCUT2D eigenvalue weighted by Crippen LogP contribution is 2.27. The van der Waals surface area contributed by atoms with E-state index in [9.17, 15) is 27.6 Å². The van der Waals surface area contributed by atoms with Crippen molar-refractivity contribution in [1.82, 2.24) is 29.1 Å². The number of para-hydroxylation sites is 1. The standard InChI is InChI=1S/C24H21Cl2F3N8O5/c1-12(41-21(30)38)19-32-18(33-37(19)16-5-3-2-4-15(16)26)11-36-23(40)35(10-17(24(27,28)29)42-22(31)39)20(34-36)13-6-8-14(25)9-7-13/h2-9,12,17H,10-11H2,1H3,(H2,30,38)(H2,31,39)/t12-,17+/m1/s1. The Hall–Kier alpha value is -4.57. The van der Waals surface area contributed by atoms with Gasteiger partial charge < -0.3 is 20.9 Å². The minimum absolute atomic E-state index is 0.0417. The second kappa shape index (κ2) is 12.1. The third-order valence-corrected chi connectivity index (χ3v) is 6.27. The first-order valence-electron chi connectivity index (χ1n) is 11.9. The van der Waals surface area contributed by atoms with E-state index in [0.29, 0.717) is 15.3 Å². The number of hydrogen-bond donors (Lipinski definition) is 2. The Kier molecular flexibility index (Phi) is 8.77. The fourth-order valence-corrected chi connectivity index (χ4v) is 4.24. The number of rotatable bonds is 9. The molecular weight excluding hydrogens is 608 g/mol. The van der Waals surface area contributed by atoms with Gasteiger partial charge in [-0.25, -0.2) is 28.7 Å². The summed E-state index contributed by atoms with van der Waals surface area (Å²) in [5.74, 6) is -0.163. The number of carbonyl (C=O) groups excluding carboxylic acids is 2. The smallest absolute Gasteiger partial charge is 0.427 e. The summed E-state index contributed by atoms with van der Waals surface area (Å²) in [7, 11) is 0. The van der Waals surface area contributed by atoms with Crippen molar-refractivity contribution in [2.75, 3.05) is 0 Å². The molecule has 0 bridgehead atoms. The summed E-state index contributed by atoms with van der Waals surface area (Å²) in [6.45, 7) is -0.117. The van der Waals surface area contributed by atoms with Gasteiger partial charge in [-0.3, -0.25) is 4.57 Å².